The van der Waals surface area contributed by atoms with Gasteiger partial charge in [0.25, 0.3) is 5.56 Å². The zero-order chi connectivity index (χ0) is 19.4. The number of amides is 1. The molecule has 0 unspecified atom stereocenters. The van der Waals surface area contributed by atoms with Gasteiger partial charge < -0.3 is 14.4 Å². The summed E-state index contributed by atoms with van der Waals surface area (Å²) < 4.78 is 12.0. The molecule has 27 heavy (non-hydrogen) atoms. The van der Waals surface area contributed by atoms with Gasteiger partial charge in [0.2, 0.25) is 5.91 Å². The molecule has 1 aromatic heterocycles. The second kappa shape index (κ2) is 8.62. The first-order valence-electron chi connectivity index (χ1n) is 8.70. The molecule has 0 saturated carbocycles. The first-order valence-corrected chi connectivity index (χ1v) is 9.50. The third kappa shape index (κ3) is 4.36. The highest BCUT2D eigenvalue weighted by Crippen LogP contribution is 2.24. The van der Waals surface area contributed by atoms with Crippen LogP contribution < -0.4 is 5.56 Å². The van der Waals surface area contributed by atoms with E-state index in [0.29, 0.717) is 47.2 Å². The molecule has 2 aromatic rings. The molecule has 8 nitrogen and oxygen atoms in total. The van der Waals surface area contributed by atoms with Crippen LogP contribution in [0.4, 0.5) is 0 Å². The number of benzene rings is 1. The van der Waals surface area contributed by atoms with Crippen molar-refractivity contribution in [2.45, 2.75) is 19.9 Å². The highest BCUT2D eigenvalue weighted by molar-refractivity contribution is 9.10. The van der Waals surface area contributed by atoms with Crippen molar-refractivity contribution < 1.29 is 19.1 Å². The fourth-order valence-corrected chi connectivity index (χ4v) is 3.59. The van der Waals surface area contributed by atoms with Crippen LogP contribution in [0.15, 0.2) is 27.5 Å². The van der Waals surface area contributed by atoms with Gasteiger partial charge in [0.05, 0.1) is 37.3 Å². The van der Waals surface area contributed by atoms with Crippen LogP contribution >= 0.6 is 15.9 Å². The summed E-state index contributed by atoms with van der Waals surface area (Å²) in [6.45, 7) is 3.73. The molecule has 1 saturated heterocycles. The van der Waals surface area contributed by atoms with E-state index in [2.05, 4.69) is 21.0 Å². The highest BCUT2D eigenvalue weighted by Gasteiger charge is 2.21. The number of fused-ring (bicyclic) bond motifs is 1. The SMILES string of the molecule is CCOC(=O)Cc1nn(CC(=O)N2CCOCC2)c(=O)c2cccc(Br)c12. The van der Waals surface area contributed by atoms with Crippen LogP contribution in [0.3, 0.4) is 0 Å². The van der Waals surface area contributed by atoms with E-state index in [-0.39, 0.29) is 31.0 Å². The number of morpholine rings is 1. The van der Waals surface area contributed by atoms with Crippen molar-refractivity contribution >= 4 is 38.6 Å². The van der Waals surface area contributed by atoms with Crippen LogP contribution in [-0.4, -0.2) is 59.5 Å². The van der Waals surface area contributed by atoms with E-state index < -0.39 is 5.97 Å². The Morgan fingerprint density at radius 3 is 2.74 bits per heavy atom. The van der Waals surface area contributed by atoms with Crippen molar-refractivity contribution in [3.63, 3.8) is 0 Å². The maximum atomic E-state index is 12.8. The lowest BCUT2D eigenvalue weighted by molar-refractivity contribution is -0.142. The maximum Gasteiger partial charge on any atom is 0.311 e. The normalized spacial score (nSPS) is 14.4. The fourth-order valence-electron chi connectivity index (χ4n) is 3.00. The minimum absolute atomic E-state index is 0.0843. The minimum Gasteiger partial charge on any atom is -0.466 e. The summed E-state index contributed by atoms with van der Waals surface area (Å²) in [5.41, 5.74) is 0.0193. The number of hydrogen-bond donors (Lipinski definition) is 0. The Hall–Kier alpha value is -2.26. The van der Waals surface area contributed by atoms with Crippen LogP contribution in [0.2, 0.25) is 0 Å². The molecule has 1 aliphatic rings. The number of rotatable bonds is 5. The summed E-state index contributed by atoms with van der Waals surface area (Å²) in [6.07, 6.45) is -0.0843. The first kappa shape index (κ1) is 19.5. The van der Waals surface area contributed by atoms with Crippen molar-refractivity contribution in [3.05, 3.63) is 38.7 Å². The molecule has 1 aromatic carbocycles. The van der Waals surface area contributed by atoms with Crippen LogP contribution in [0.5, 0.6) is 0 Å². The summed E-state index contributed by atoms with van der Waals surface area (Å²) >= 11 is 3.42. The number of nitrogens with zero attached hydrogens (tertiary/aromatic N) is 3. The van der Waals surface area contributed by atoms with E-state index >= 15 is 0 Å². The van der Waals surface area contributed by atoms with Gasteiger partial charge >= 0.3 is 5.97 Å². The van der Waals surface area contributed by atoms with Gasteiger partial charge in [0.1, 0.15) is 6.54 Å². The molecule has 1 aliphatic heterocycles. The zero-order valence-corrected chi connectivity index (χ0v) is 16.5. The lowest BCUT2D eigenvalue weighted by Crippen LogP contribution is -2.44. The summed E-state index contributed by atoms with van der Waals surface area (Å²) in [4.78, 5) is 39.0. The molecule has 0 atom stereocenters. The van der Waals surface area contributed by atoms with Gasteiger partial charge in [-0.2, -0.15) is 5.10 Å². The van der Waals surface area contributed by atoms with Gasteiger partial charge in [-0.05, 0) is 19.1 Å². The number of carbonyl (C=O) groups excluding carboxylic acids is 2. The Kier molecular flexibility index (Phi) is 6.22. The number of aromatic nitrogens is 2. The summed E-state index contributed by atoms with van der Waals surface area (Å²) in [7, 11) is 0. The molecule has 1 fully saturated rings. The molecule has 0 bridgehead atoms. The number of ether oxygens (including phenoxy) is 2. The second-order valence-corrected chi connectivity index (χ2v) is 6.90. The van der Waals surface area contributed by atoms with Crippen molar-refractivity contribution in [2.75, 3.05) is 32.9 Å². The molecule has 0 aliphatic carbocycles. The van der Waals surface area contributed by atoms with Crippen LogP contribution in [0.1, 0.15) is 12.6 Å². The smallest absolute Gasteiger partial charge is 0.311 e. The van der Waals surface area contributed by atoms with Crippen LogP contribution in [0, 0.1) is 0 Å². The summed E-state index contributed by atoms with van der Waals surface area (Å²) in [5, 5.41) is 5.27. The van der Waals surface area contributed by atoms with E-state index in [4.69, 9.17) is 9.47 Å². The lowest BCUT2D eigenvalue weighted by atomic mass is 10.1. The monoisotopic (exact) mass is 437 g/mol. The Bertz CT molecular complexity index is 921. The molecular formula is C18H20BrN3O5. The Morgan fingerprint density at radius 1 is 1.30 bits per heavy atom. The first-order chi connectivity index (χ1) is 13.0. The van der Waals surface area contributed by atoms with Crippen molar-refractivity contribution in [3.8, 4) is 0 Å². The molecule has 0 radical (unpaired) electrons. The molecule has 2 heterocycles. The Morgan fingerprint density at radius 2 is 2.04 bits per heavy atom. The third-order valence-corrected chi connectivity index (χ3v) is 4.94. The number of halogens is 1. The predicted molar refractivity (Wildman–Crippen MR) is 101 cm³/mol. The number of hydrogen-bond acceptors (Lipinski definition) is 6. The summed E-state index contributed by atoms with van der Waals surface area (Å²) in [5.74, 6) is -0.643. The van der Waals surface area contributed by atoms with Crippen molar-refractivity contribution in [1.29, 1.82) is 0 Å². The minimum atomic E-state index is -0.438. The number of esters is 1. The van der Waals surface area contributed by atoms with Gasteiger partial charge in [0.15, 0.2) is 0 Å². The Balaban J connectivity index is 2.00. The van der Waals surface area contributed by atoms with Gasteiger partial charge in [-0.25, -0.2) is 4.68 Å². The van der Waals surface area contributed by atoms with E-state index in [1.807, 2.05) is 0 Å². The number of carbonyl (C=O) groups is 2. The molecule has 0 spiro atoms. The molecule has 0 N–H and O–H groups in total. The lowest BCUT2D eigenvalue weighted by Gasteiger charge is -2.27. The van der Waals surface area contributed by atoms with E-state index in [1.165, 1.54) is 0 Å². The van der Waals surface area contributed by atoms with Crippen LogP contribution in [-0.2, 0) is 32.0 Å². The summed E-state index contributed by atoms with van der Waals surface area (Å²) in [6, 6.07) is 5.17. The average Bonchev–Trinajstić information content (AvgIpc) is 2.66. The fraction of sp³-hybridized carbons (Fsp3) is 0.444. The molecule has 1 amide bonds. The van der Waals surface area contributed by atoms with Gasteiger partial charge in [-0.15, -0.1) is 0 Å². The molecular weight excluding hydrogens is 418 g/mol. The maximum absolute atomic E-state index is 12.8. The highest BCUT2D eigenvalue weighted by atomic mass is 79.9. The van der Waals surface area contributed by atoms with Gasteiger partial charge in [0, 0.05) is 22.9 Å². The molecule has 144 valence electrons. The van der Waals surface area contributed by atoms with Gasteiger partial charge in [-0.1, -0.05) is 22.0 Å². The average molecular weight is 438 g/mol. The van der Waals surface area contributed by atoms with E-state index in [1.54, 1.807) is 30.0 Å². The largest absolute Gasteiger partial charge is 0.466 e. The predicted octanol–water partition coefficient (Wildman–Crippen LogP) is 1.12. The van der Waals surface area contributed by atoms with E-state index in [9.17, 15) is 14.4 Å². The second-order valence-electron chi connectivity index (χ2n) is 6.05. The van der Waals surface area contributed by atoms with Gasteiger partial charge in [-0.3, -0.25) is 14.4 Å². The standard InChI is InChI=1S/C18H20BrN3O5/c1-2-27-16(24)10-14-17-12(4-3-5-13(17)19)18(25)22(20-14)11-15(23)21-6-8-26-9-7-21/h3-5H,2,6-11H2,1H3. The third-order valence-electron chi connectivity index (χ3n) is 4.27. The van der Waals surface area contributed by atoms with E-state index in [0.717, 1.165) is 4.68 Å². The Labute approximate surface area is 164 Å². The van der Waals surface area contributed by atoms with Crippen LogP contribution in [0.25, 0.3) is 10.8 Å². The quantitative estimate of drug-likeness (QED) is 0.651. The molecule has 9 heteroatoms. The zero-order valence-electron chi connectivity index (χ0n) is 14.9. The molecule has 3 rings (SSSR count). The topological polar surface area (TPSA) is 90.7 Å². The van der Waals surface area contributed by atoms with Crippen molar-refractivity contribution in [1.82, 2.24) is 14.7 Å². The van der Waals surface area contributed by atoms with Crippen molar-refractivity contribution in [2.24, 2.45) is 0 Å².